The first-order valence-corrected chi connectivity index (χ1v) is 5.80. The fraction of sp³-hybridized carbons (Fsp3) is 0.667. The molecule has 0 aliphatic rings. The molecule has 0 spiro atoms. The molecule has 0 radical (unpaired) electrons. The minimum Gasteiger partial charge on any atom is -0.354 e. The van der Waals surface area contributed by atoms with Crippen LogP contribution in [-0.4, -0.2) is 22.2 Å². The van der Waals surface area contributed by atoms with Crippen LogP contribution in [0.1, 0.15) is 39.2 Å². The van der Waals surface area contributed by atoms with Crippen molar-refractivity contribution in [3.8, 4) is 0 Å². The number of hydrogen-bond donors (Lipinski definition) is 1. The molecule has 0 atom stereocenters. The van der Waals surface area contributed by atoms with Crippen molar-refractivity contribution in [2.75, 3.05) is 6.54 Å². The van der Waals surface area contributed by atoms with Gasteiger partial charge in [0.05, 0.1) is 12.7 Å². The summed E-state index contributed by atoms with van der Waals surface area (Å²) in [4.78, 5) is 11.3. The largest absolute Gasteiger partial charge is 0.354 e. The van der Waals surface area contributed by atoms with Crippen LogP contribution in [0.15, 0.2) is 12.4 Å². The van der Waals surface area contributed by atoms with E-state index >= 15 is 0 Å². The molecule has 4 nitrogen and oxygen atoms in total. The number of carbonyl (C=O) groups is 1. The van der Waals surface area contributed by atoms with Crippen molar-refractivity contribution in [1.82, 2.24) is 15.1 Å². The van der Waals surface area contributed by atoms with E-state index in [0.29, 0.717) is 12.5 Å². The smallest absolute Gasteiger partial charge is 0.222 e. The van der Waals surface area contributed by atoms with Crippen LogP contribution < -0.4 is 5.32 Å². The zero-order chi connectivity index (χ0) is 12.1. The third-order valence-electron chi connectivity index (χ3n) is 2.48. The summed E-state index contributed by atoms with van der Waals surface area (Å²) in [5.74, 6) is 0.638. The Kier molecular flexibility index (Phi) is 4.52. The second-order valence-corrected chi connectivity index (χ2v) is 4.64. The molecule has 0 unspecified atom stereocenters. The van der Waals surface area contributed by atoms with Crippen molar-refractivity contribution >= 4 is 5.91 Å². The quantitative estimate of drug-likeness (QED) is 0.827. The van der Waals surface area contributed by atoms with Crippen molar-refractivity contribution in [1.29, 1.82) is 0 Å². The molecule has 0 aliphatic heterocycles. The molecule has 0 saturated carbocycles. The summed E-state index contributed by atoms with van der Waals surface area (Å²) in [6, 6.07) is 0. The van der Waals surface area contributed by atoms with Gasteiger partial charge in [-0.15, -0.1) is 0 Å². The highest BCUT2D eigenvalue weighted by Crippen LogP contribution is 2.11. The average Bonchev–Trinajstić information content (AvgIpc) is 2.66. The summed E-state index contributed by atoms with van der Waals surface area (Å²) < 4.78 is 1.87. The predicted octanol–water partition coefficient (Wildman–Crippen LogP) is 1.78. The van der Waals surface area contributed by atoms with Gasteiger partial charge in [-0.05, 0) is 11.5 Å². The van der Waals surface area contributed by atoms with Crippen LogP contribution in [0, 0.1) is 5.92 Å². The molecule has 90 valence electrons. The van der Waals surface area contributed by atoms with Gasteiger partial charge in [0.15, 0.2) is 0 Å². The fourth-order valence-electron chi connectivity index (χ4n) is 1.30. The molecule has 16 heavy (non-hydrogen) atoms. The van der Waals surface area contributed by atoms with Crippen LogP contribution in [0.3, 0.4) is 0 Å². The van der Waals surface area contributed by atoms with Gasteiger partial charge in [0.1, 0.15) is 0 Å². The Hall–Kier alpha value is -1.32. The van der Waals surface area contributed by atoms with E-state index in [1.54, 1.807) is 0 Å². The van der Waals surface area contributed by atoms with E-state index in [4.69, 9.17) is 0 Å². The van der Waals surface area contributed by atoms with Gasteiger partial charge < -0.3 is 5.32 Å². The van der Waals surface area contributed by atoms with Crippen LogP contribution in [0.4, 0.5) is 0 Å². The van der Waals surface area contributed by atoms with Crippen LogP contribution in [0.5, 0.6) is 0 Å². The highest BCUT2D eigenvalue weighted by atomic mass is 16.1. The molecule has 1 N–H and O–H groups in total. The molecule has 0 fully saturated rings. The van der Waals surface area contributed by atoms with E-state index in [0.717, 1.165) is 6.54 Å². The number of rotatable bonds is 5. The van der Waals surface area contributed by atoms with Gasteiger partial charge in [-0.3, -0.25) is 9.48 Å². The van der Waals surface area contributed by atoms with Gasteiger partial charge >= 0.3 is 0 Å². The van der Waals surface area contributed by atoms with Crippen molar-refractivity contribution in [3.05, 3.63) is 18.0 Å². The lowest BCUT2D eigenvalue weighted by Gasteiger charge is -2.07. The number of nitrogens with zero attached hydrogens (tertiary/aromatic N) is 2. The van der Waals surface area contributed by atoms with Crippen LogP contribution in [0.25, 0.3) is 0 Å². The lowest BCUT2D eigenvalue weighted by molar-refractivity contribution is -0.124. The fourth-order valence-corrected chi connectivity index (χ4v) is 1.30. The van der Waals surface area contributed by atoms with E-state index < -0.39 is 0 Å². The molecule has 0 saturated heterocycles. The average molecular weight is 223 g/mol. The lowest BCUT2D eigenvalue weighted by atomic mass is 10.1. The summed E-state index contributed by atoms with van der Waals surface area (Å²) >= 11 is 0. The van der Waals surface area contributed by atoms with Crippen molar-refractivity contribution in [2.24, 2.45) is 5.92 Å². The maximum atomic E-state index is 11.3. The summed E-state index contributed by atoms with van der Waals surface area (Å²) in [7, 11) is 0. The maximum absolute atomic E-state index is 11.3. The maximum Gasteiger partial charge on any atom is 0.222 e. The molecule has 1 amide bonds. The number of aromatic nitrogens is 2. The van der Waals surface area contributed by atoms with Gasteiger partial charge in [0.2, 0.25) is 5.91 Å². The molecular formula is C12H21N3O. The van der Waals surface area contributed by atoms with Crippen molar-refractivity contribution < 1.29 is 4.79 Å². The molecular weight excluding hydrogens is 202 g/mol. The van der Waals surface area contributed by atoms with Gasteiger partial charge in [-0.1, -0.05) is 27.7 Å². The van der Waals surface area contributed by atoms with Crippen LogP contribution in [0.2, 0.25) is 0 Å². The molecule has 1 rings (SSSR count). The number of hydrogen-bond acceptors (Lipinski definition) is 2. The molecule has 0 aromatic carbocycles. The monoisotopic (exact) mass is 223 g/mol. The molecule has 1 aromatic rings. The third kappa shape index (κ3) is 3.68. The Morgan fingerprint density at radius 1 is 1.44 bits per heavy atom. The van der Waals surface area contributed by atoms with E-state index in [2.05, 4.69) is 24.3 Å². The van der Waals surface area contributed by atoms with E-state index in [1.807, 2.05) is 30.9 Å². The normalized spacial score (nSPS) is 11.1. The van der Waals surface area contributed by atoms with Crippen LogP contribution in [-0.2, 0) is 11.3 Å². The molecule has 4 heteroatoms. The van der Waals surface area contributed by atoms with Gasteiger partial charge in [0.25, 0.3) is 0 Å². The standard InChI is InChI=1S/C12H21N3O/c1-9(2)11-7-14-15(8-11)6-5-13-12(16)10(3)4/h7-10H,5-6H2,1-4H3,(H,13,16). The Bertz CT molecular complexity index is 342. The summed E-state index contributed by atoms with van der Waals surface area (Å²) in [5, 5.41) is 7.11. The number of carbonyl (C=O) groups excluding carboxylic acids is 1. The Balaban J connectivity index is 2.35. The first-order chi connectivity index (χ1) is 7.50. The lowest BCUT2D eigenvalue weighted by Crippen LogP contribution is -2.30. The van der Waals surface area contributed by atoms with Gasteiger partial charge in [0, 0.05) is 18.7 Å². The van der Waals surface area contributed by atoms with Crippen molar-refractivity contribution in [2.45, 2.75) is 40.2 Å². The van der Waals surface area contributed by atoms with Crippen molar-refractivity contribution in [3.63, 3.8) is 0 Å². The minimum atomic E-state index is 0.0452. The molecule has 1 heterocycles. The Labute approximate surface area is 97.0 Å². The second kappa shape index (κ2) is 5.68. The first-order valence-electron chi connectivity index (χ1n) is 5.80. The summed E-state index contributed by atoms with van der Waals surface area (Å²) in [5.41, 5.74) is 1.23. The molecule has 1 aromatic heterocycles. The van der Waals surface area contributed by atoms with Gasteiger partial charge in [-0.2, -0.15) is 5.10 Å². The summed E-state index contributed by atoms with van der Waals surface area (Å²) in [6.45, 7) is 9.42. The third-order valence-corrected chi connectivity index (χ3v) is 2.48. The van der Waals surface area contributed by atoms with E-state index in [9.17, 15) is 4.79 Å². The molecule has 0 bridgehead atoms. The Morgan fingerprint density at radius 3 is 2.62 bits per heavy atom. The predicted molar refractivity (Wildman–Crippen MR) is 64.2 cm³/mol. The zero-order valence-electron chi connectivity index (χ0n) is 10.5. The first kappa shape index (κ1) is 12.7. The molecule has 0 aliphatic carbocycles. The topological polar surface area (TPSA) is 46.9 Å². The van der Waals surface area contributed by atoms with Gasteiger partial charge in [-0.25, -0.2) is 0 Å². The second-order valence-electron chi connectivity index (χ2n) is 4.64. The minimum absolute atomic E-state index is 0.0452. The summed E-state index contributed by atoms with van der Waals surface area (Å²) in [6.07, 6.45) is 3.92. The van der Waals surface area contributed by atoms with E-state index in [1.165, 1.54) is 5.56 Å². The number of nitrogens with one attached hydrogen (secondary N) is 1. The highest BCUT2D eigenvalue weighted by Gasteiger charge is 2.06. The number of amides is 1. The SMILES string of the molecule is CC(C)C(=O)NCCn1cc(C(C)C)cn1. The zero-order valence-corrected chi connectivity index (χ0v) is 10.5. The Morgan fingerprint density at radius 2 is 2.12 bits per heavy atom. The van der Waals surface area contributed by atoms with Crippen LogP contribution >= 0.6 is 0 Å². The van der Waals surface area contributed by atoms with E-state index in [-0.39, 0.29) is 11.8 Å². The highest BCUT2D eigenvalue weighted by molar-refractivity contribution is 5.77.